The van der Waals surface area contributed by atoms with Gasteiger partial charge in [-0.25, -0.2) is 4.79 Å². The first-order chi connectivity index (χ1) is 14.2. The van der Waals surface area contributed by atoms with E-state index >= 15 is 0 Å². The molecule has 150 valence electrons. The fraction of sp³-hybridized carbons (Fsp3) is 0. The van der Waals surface area contributed by atoms with Crippen LogP contribution >= 0.6 is 0 Å². The Balaban J connectivity index is 2.41. The summed E-state index contributed by atoms with van der Waals surface area (Å²) >= 11 is 0. The van der Waals surface area contributed by atoms with Gasteiger partial charge >= 0.3 is 17.4 Å². The summed E-state index contributed by atoms with van der Waals surface area (Å²) in [7, 11) is 0. The van der Waals surface area contributed by atoms with Crippen molar-refractivity contribution in [3.63, 3.8) is 0 Å². The highest BCUT2D eigenvalue weighted by molar-refractivity contribution is 6.06. The second-order valence-electron chi connectivity index (χ2n) is 6.13. The molecule has 0 fully saturated rings. The van der Waals surface area contributed by atoms with Crippen LogP contribution in [0.4, 0.5) is 5.69 Å². The van der Waals surface area contributed by atoms with E-state index in [0.29, 0.717) is 0 Å². The molecule has 2 aromatic rings. The van der Waals surface area contributed by atoms with Crippen molar-refractivity contribution in [1.82, 2.24) is 0 Å². The SMILES string of the molecule is O=C1C=C/C(=C(\c2ccc(O)c([N+](=O)[O-])c2)c2ccccc2C(=O)O)C=C1[N+](=O)[O-]. The summed E-state index contributed by atoms with van der Waals surface area (Å²) in [5.74, 6) is -2.73. The van der Waals surface area contributed by atoms with E-state index in [0.717, 1.165) is 24.3 Å². The van der Waals surface area contributed by atoms with E-state index in [1.807, 2.05) is 0 Å². The average molecular weight is 408 g/mol. The number of hydrogen-bond donors (Lipinski definition) is 2. The number of nitrogens with zero attached hydrogens (tertiary/aromatic N) is 2. The van der Waals surface area contributed by atoms with Gasteiger partial charge in [0.05, 0.1) is 15.4 Å². The van der Waals surface area contributed by atoms with Gasteiger partial charge in [-0.2, -0.15) is 0 Å². The van der Waals surface area contributed by atoms with Gasteiger partial charge in [0, 0.05) is 12.1 Å². The first-order valence-corrected chi connectivity index (χ1v) is 8.34. The summed E-state index contributed by atoms with van der Waals surface area (Å²) in [6.07, 6.45) is 3.21. The highest BCUT2D eigenvalue weighted by atomic mass is 16.6. The fourth-order valence-electron chi connectivity index (χ4n) is 3.01. The lowest BCUT2D eigenvalue weighted by Gasteiger charge is -2.15. The topological polar surface area (TPSA) is 161 Å². The Labute approximate surface area is 168 Å². The lowest BCUT2D eigenvalue weighted by molar-refractivity contribution is -0.418. The van der Waals surface area contributed by atoms with Crippen molar-refractivity contribution in [1.29, 1.82) is 0 Å². The predicted molar refractivity (Wildman–Crippen MR) is 103 cm³/mol. The molecule has 0 aromatic heterocycles. The van der Waals surface area contributed by atoms with Crippen LogP contribution in [0.1, 0.15) is 21.5 Å². The van der Waals surface area contributed by atoms with Crippen LogP contribution in [-0.2, 0) is 4.79 Å². The Morgan fingerprint density at radius 1 is 0.933 bits per heavy atom. The zero-order valence-electron chi connectivity index (χ0n) is 15.0. The van der Waals surface area contributed by atoms with Crippen molar-refractivity contribution in [3.8, 4) is 5.75 Å². The van der Waals surface area contributed by atoms with Gasteiger partial charge in [0.25, 0.3) is 5.78 Å². The third-order valence-corrected chi connectivity index (χ3v) is 4.33. The Morgan fingerprint density at radius 3 is 2.20 bits per heavy atom. The van der Waals surface area contributed by atoms with Crippen LogP contribution in [0, 0.1) is 20.2 Å². The van der Waals surface area contributed by atoms with Gasteiger partial charge in [-0.3, -0.25) is 25.0 Å². The maximum absolute atomic E-state index is 11.8. The molecule has 3 rings (SSSR count). The van der Waals surface area contributed by atoms with Crippen molar-refractivity contribution in [2.45, 2.75) is 0 Å². The van der Waals surface area contributed by atoms with Gasteiger partial charge in [-0.15, -0.1) is 0 Å². The van der Waals surface area contributed by atoms with Gasteiger partial charge in [-0.1, -0.05) is 24.3 Å². The maximum atomic E-state index is 11.8. The molecule has 1 aliphatic carbocycles. The van der Waals surface area contributed by atoms with Crippen molar-refractivity contribution >= 4 is 23.0 Å². The molecule has 30 heavy (non-hydrogen) atoms. The number of phenols is 1. The molecule has 2 aromatic carbocycles. The van der Waals surface area contributed by atoms with Crippen LogP contribution in [0.3, 0.4) is 0 Å². The molecule has 1 aliphatic rings. The molecular formula is C20H12N2O8. The molecule has 10 heteroatoms. The Morgan fingerprint density at radius 2 is 1.60 bits per heavy atom. The molecule has 2 N–H and O–H groups in total. The summed E-state index contributed by atoms with van der Waals surface area (Å²) in [6.45, 7) is 0. The number of benzene rings is 2. The van der Waals surface area contributed by atoms with E-state index in [9.17, 15) is 40.0 Å². The average Bonchev–Trinajstić information content (AvgIpc) is 2.70. The summed E-state index contributed by atoms with van der Waals surface area (Å²) < 4.78 is 0. The van der Waals surface area contributed by atoms with E-state index in [1.165, 1.54) is 36.4 Å². The van der Waals surface area contributed by atoms with Crippen molar-refractivity contribution in [2.75, 3.05) is 0 Å². The van der Waals surface area contributed by atoms with Gasteiger partial charge in [0.1, 0.15) is 0 Å². The molecule has 0 bridgehead atoms. The second-order valence-corrected chi connectivity index (χ2v) is 6.13. The van der Waals surface area contributed by atoms with Crippen LogP contribution in [0.15, 0.2) is 72.0 Å². The Kier molecular flexibility index (Phi) is 5.23. The molecule has 0 saturated carbocycles. The van der Waals surface area contributed by atoms with Crippen LogP contribution in [-0.4, -0.2) is 31.8 Å². The third-order valence-electron chi connectivity index (χ3n) is 4.33. The van der Waals surface area contributed by atoms with Crippen LogP contribution in [0.25, 0.3) is 5.57 Å². The highest BCUT2D eigenvalue weighted by Gasteiger charge is 2.27. The van der Waals surface area contributed by atoms with Crippen molar-refractivity contribution in [2.24, 2.45) is 0 Å². The van der Waals surface area contributed by atoms with Crippen LogP contribution in [0.2, 0.25) is 0 Å². The predicted octanol–water partition coefficient (Wildman–Crippen LogP) is 3.10. The molecule has 0 spiro atoms. The smallest absolute Gasteiger partial charge is 0.336 e. The number of aromatic carboxylic acids is 1. The highest BCUT2D eigenvalue weighted by Crippen LogP contribution is 2.36. The summed E-state index contributed by atoms with van der Waals surface area (Å²) in [4.78, 5) is 44.3. The van der Waals surface area contributed by atoms with E-state index in [4.69, 9.17) is 0 Å². The van der Waals surface area contributed by atoms with Crippen molar-refractivity contribution < 1.29 is 29.6 Å². The van der Waals surface area contributed by atoms with Gasteiger partial charge in [0.15, 0.2) is 5.75 Å². The summed E-state index contributed by atoms with van der Waals surface area (Å²) in [6, 6.07) is 9.16. The van der Waals surface area contributed by atoms with Gasteiger partial charge in [-0.05, 0) is 46.6 Å². The zero-order chi connectivity index (χ0) is 22.0. The third kappa shape index (κ3) is 3.69. The number of carbonyl (C=O) groups is 2. The molecule has 0 unspecified atom stereocenters. The molecule has 0 amide bonds. The lowest BCUT2D eigenvalue weighted by atomic mass is 9.87. The summed E-state index contributed by atoms with van der Waals surface area (Å²) in [5.41, 5.74) is -1.05. The maximum Gasteiger partial charge on any atom is 0.336 e. The zero-order valence-corrected chi connectivity index (χ0v) is 15.0. The molecule has 0 saturated heterocycles. The largest absolute Gasteiger partial charge is 0.502 e. The minimum Gasteiger partial charge on any atom is -0.502 e. The number of carbonyl (C=O) groups excluding carboxylic acids is 1. The molecule has 0 heterocycles. The van der Waals surface area contributed by atoms with Crippen LogP contribution in [0.5, 0.6) is 5.75 Å². The summed E-state index contributed by atoms with van der Waals surface area (Å²) in [5, 5.41) is 41.8. The van der Waals surface area contributed by atoms with E-state index in [-0.39, 0.29) is 27.8 Å². The number of carboxylic acids is 1. The van der Waals surface area contributed by atoms with Crippen LogP contribution < -0.4 is 0 Å². The first-order valence-electron chi connectivity index (χ1n) is 8.34. The number of phenolic OH excluding ortho intramolecular Hbond substituents is 1. The van der Waals surface area contributed by atoms with Crippen molar-refractivity contribution in [3.05, 3.63) is 109 Å². The van der Waals surface area contributed by atoms with Gasteiger partial charge in [0.2, 0.25) is 0 Å². The number of nitro benzene ring substituents is 1. The molecule has 0 aliphatic heterocycles. The quantitative estimate of drug-likeness (QED) is 0.563. The normalized spacial score (nSPS) is 14.8. The molecule has 10 nitrogen and oxygen atoms in total. The number of hydrogen-bond acceptors (Lipinski definition) is 7. The second kappa shape index (κ2) is 7.80. The molecular weight excluding hydrogens is 396 g/mol. The van der Waals surface area contributed by atoms with E-state index in [2.05, 4.69) is 0 Å². The minimum absolute atomic E-state index is 0.106. The number of rotatable bonds is 5. The number of ketones is 1. The number of carboxylic acid groups (broad SMARTS) is 1. The van der Waals surface area contributed by atoms with E-state index < -0.39 is 38.7 Å². The number of nitro groups is 2. The first kappa shape index (κ1) is 20.1. The standard InChI is InChI=1S/C20H12N2O8/c23-17-7-5-11(9-15(17)21(27)28)19(13-3-1-2-4-14(13)20(25)26)12-6-8-18(24)16(10-12)22(29)30/h1-10,23H,(H,25,26)/b19-12-. The number of aromatic hydroxyl groups is 1. The molecule has 0 radical (unpaired) electrons. The monoisotopic (exact) mass is 408 g/mol. The fourth-order valence-corrected chi connectivity index (χ4v) is 3.01. The number of allylic oxidation sites excluding steroid dienone is 4. The molecule has 0 atom stereocenters. The lowest BCUT2D eigenvalue weighted by Crippen LogP contribution is -2.13. The van der Waals surface area contributed by atoms with Gasteiger partial charge < -0.3 is 10.2 Å². The Hall–Kier alpha value is -4.60. The minimum atomic E-state index is -1.29. The van der Waals surface area contributed by atoms with E-state index in [1.54, 1.807) is 0 Å². The Bertz CT molecular complexity index is 1210.